The SMILES string of the molecule is COCc1ccc(C(=O)N2CCC(C(=O)O)(n3cccn3)CC2)o1. The first-order valence-electron chi connectivity index (χ1n) is 7.67. The van der Waals surface area contributed by atoms with Crippen molar-refractivity contribution in [3.05, 3.63) is 42.1 Å². The van der Waals surface area contributed by atoms with E-state index in [-0.39, 0.29) is 11.7 Å². The number of hydrogen-bond acceptors (Lipinski definition) is 5. The van der Waals surface area contributed by atoms with Gasteiger partial charge in [0.15, 0.2) is 11.3 Å². The molecule has 0 unspecified atom stereocenters. The van der Waals surface area contributed by atoms with Crippen LogP contribution in [0, 0.1) is 0 Å². The van der Waals surface area contributed by atoms with Crippen LogP contribution in [-0.2, 0) is 21.7 Å². The summed E-state index contributed by atoms with van der Waals surface area (Å²) in [7, 11) is 1.55. The van der Waals surface area contributed by atoms with Crippen LogP contribution in [0.15, 0.2) is 35.0 Å². The van der Waals surface area contributed by atoms with Crippen LogP contribution in [0.5, 0.6) is 0 Å². The number of ether oxygens (including phenoxy) is 1. The zero-order valence-corrected chi connectivity index (χ0v) is 13.3. The molecule has 0 bridgehead atoms. The van der Waals surface area contributed by atoms with Crippen molar-refractivity contribution in [3.8, 4) is 0 Å². The van der Waals surface area contributed by atoms with Crippen LogP contribution < -0.4 is 0 Å². The number of furan rings is 1. The van der Waals surface area contributed by atoms with E-state index in [0.29, 0.717) is 38.3 Å². The number of carboxylic acid groups (broad SMARTS) is 1. The maximum absolute atomic E-state index is 12.5. The van der Waals surface area contributed by atoms with Gasteiger partial charge in [-0.3, -0.25) is 9.48 Å². The van der Waals surface area contributed by atoms with Crippen LogP contribution in [0.2, 0.25) is 0 Å². The van der Waals surface area contributed by atoms with E-state index < -0.39 is 11.5 Å². The highest BCUT2D eigenvalue weighted by Gasteiger charge is 2.45. The van der Waals surface area contributed by atoms with E-state index in [1.54, 1.807) is 42.6 Å². The van der Waals surface area contributed by atoms with Crippen molar-refractivity contribution in [2.24, 2.45) is 0 Å². The molecule has 1 aliphatic rings. The molecule has 2 aromatic heterocycles. The first-order chi connectivity index (χ1) is 11.6. The summed E-state index contributed by atoms with van der Waals surface area (Å²) < 4.78 is 11.9. The van der Waals surface area contributed by atoms with E-state index in [0.717, 1.165) is 0 Å². The van der Waals surface area contributed by atoms with Crippen molar-refractivity contribution >= 4 is 11.9 Å². The lowest BCUT2D eigenvalue weighted by Crippen LogP contribution is -2.52. The number of aromatic nitrogens is 2. The summed E-state index contributed by atoms with van der Waals surface area (Å²) >= 11 is 0. The molecule has 3 heterocycles. The topological polar surface area (TPSA) is 97.8 Å². The summed E-state index contributed by atoms with van der Waals surface area (Å²) in [5, 5.41) is 13.8. The average molecular weight is 333 g/mol. The third kappa shape index (κ3) is 2.80. The fraction of sp³-hybridized carbons (Fsp3) is 0.438. The predicted octanol–water partition coefficient (Wildman–Crippen LogP) is 1.34. The highest BCUT2D eigenvalue weighted by atomic mass is 16.5. The molecule has 2 aromatic rings. The van der Waals surface area contributed by atoms with Gasteiger partial charge in [0.25, 0.3) is 5.91 Å². The Morgan fingerprint density at radius 2 is 2.12 bits per heavy atom. The van der Waals surface area contributed by atoms with E-state index in [9.17, 15) is 14.7 Å². The van der Waals surface area contributed by atoms with Gasteiger partial charge in [0.1, 0.15) is 12.4 Å². The number of carbonyl (C=O) groups is 2. The Hall–Kier alpha value is -2.61. The van der Waals surface area contributed by atoms with Gasteiger partial charge in [0.2, 0.25) is 0 Å². The summed E-state index contributed by atoms with van der Waals surface area (Å²) in [6.45, 7) is 0.950. The molecule has 8 nitrogen and oxygen atoms in total. The number of nitrogens with zero attached hydrogens (tertiary/aromatic N) is 3. The van der Waals surface area contributed by atoms with Crippen molar-refractivity contribution in [2.75, 3.05) is 20.2 Å². The number of carboxylic acids is 1. The number of piperidine rings is 1. The van der Waals surface area contributed by atoms with Crippen LogP contribution in [0.1, 0.15) is 29.2 Å². The molecule has 24 heavy (non-hydrogen) atoms. The summed E-state index contributed by atoms with van der Waals surface area (Å²) in [6, 6.07) is 5.01. The van der Waals surface area contributed by atoms with Gasteiger partial charge in [-0.25, -0.2) is 4.79 Å². The molecule has 1 N–H and O–H groups in total. The lowest BCUT2D eigenvalue weighted by molar-refractivity contribution is -0.150. The summed E-state index contributed by atoms with van der Waals surface area (Å²) in [6.07, 6.45) is 3.79. The number of likely N-dealkylation sites (tertiary alicyclic amines) is 1. The van der Waals surface area contributed by atoms with Gasteiger partial charge < -0.3 is 19.2 Å². The molecule has 0 spiro atoms. The van der Waals surface area contributed by atoms with Gasteiger partial charge in [-0.05, 0) is 18.2 Å². The fourth-order valence-electron chi connectivity index (χ4n) is 3.01. The van der Waals surface area contributed by atoms with Crippen LogP contribution in [0.25, 0.3) is 0 Å². The second-order valence-corrected chi connectivity index (χ2v) is 5.78. The maximum atomic E-state index is 12.5. The molecule has 8 heteroatoms. The molecule has 1 aliphatic heterocycles. The van der Waals surface area contributed by atoms with Crippen LogP contribution in [-0.4, -0.2) is 51.9 Å². The van der Waals surface area contributed by atoms with Crippen LogP contribution >= 0.6 is 0 Å². The molecule has 1 saturated heterocycles. The number of carbonyl (C=O) groups excluding carboxylic acids is 1. The minimum absolute atomic E-state index is 0.239. The molecule has 0 saturated carbocycles. The van der Waals surface area contributed by atoms with Gasteiger partial charge in [0, 0.05) is 45.4 Å². The Kier molecular flexibility index (Phi) is 4.39. The molecule has 128 valence electrons. The summed E-state index contributed by atoms with van der Waals surface area (Å²) in [5.74, 6) is -0.353. The monoisotopic (exact) mass is 333 g/mol. The number of amides is 1. The quantitative estimate of drug-likeness (QED) is 0.887. The van der Waals surface area contributed by atoms with Gasteiger partial charge in [-0.1, -0.05) is 0 Å². The average Bonchev–Trinajstić information content (AvgIpc) is 3.26. The Morgan fingerprint density at radius 3 is 2.71 bits per heavy atom. The Morgan fingerprint density at radius 1 is 1.38 bits per heavy atom. The van der Waals surface area contributed by atoms with Crippen molar-refractivity contribution in [1.82, 2.24) is 14.7 Å². The van der Waals surface area contributed by atoms with Gasteiger partial charge in [-0.15, -0.1) is 0 Å². The van der Waals surface area contributed by atoms with Crippen molar-refractivity contribution in [1.29, 1.82) is 0 Å². The van der Waals surface area contributed by atoms with E-state index in [1.807, 2.05) is 0 Å². The molecule has 0 aliphatic carbocycles. The molecule has 1 amide bonds. The van der Waals surface area contributed by atoms with E-state index >= 15 is 0 Å². The lowest BCUT2D eigenvalue weighted by atomic mass is 9.87. The fourth-order valence-corrected chi connectivity index (χ4v) is 3.01. The van der Waals surface area contributed by atoms with Crippen molar-refractivity contribution in [3.63, 3.8) is 0 Å². The highest BCUT2D eigenvalue weighted by Crippen LogP contribution is 2.30. The molecule has 0 aromatic carbocycles. The predicted molar refractivity (Wildman–Crippen MR) is 82.4 cm³/mol. The second kappa shape index (κ2) is 6.48. The molecule has 1 fully saturated rings. The third-order valence-electron chi connectivity index (χ3n) is 4.38. The van der Waals surface area contributed by atoms with E-state index in [1.165, 1.54) is 4.68 Å². The maximum Gasteiger partial charge on any atom is 0.331 e. The molecule has 3 rings (SSSR count). The van der Waals surface area contributed by atoms with Crippen molar-refractivity contribution < 1.29 is 23.8 Å². The lowest BCUT2D eigenvalue weighted by Gasteiger charge is -2.38. The van der Waals surface area contributed by atoms with Gasteiger partial charge >= 0.3 is 5.97 Å². The zero-order valence-electron chi connectivity index (χ0n) is 13.3. The zero-order chi connectivity index (χ0) is 17.2. The number of aliphatic carboxylic acids is 1. The normalized spacial score (nSPS) is 17.0. The van der Waals surface area contributed by atoms with Crippen LogP contribution in [0.4, 0.5) is 0 Å². The van der Waals surface area contributed by atoms with E-state index in [4.69, 9.17) is 9.15 Å². The third-order valence-corrected chi connectivity index (χ3v) is 4.38. The molecule has 0 radical (unpaired) electrons. The summed E-state index contributed by atoms with van der Waals surface area (Å²) in [4.78, 5) is 25.9. The highest BCUT2D eigenvalue weighted by molar-refractivity contribution is 5.91. The standard InChI is InChI=1S/C16H19N3O5/c1-23-11-12-3-4-13(24-12)14(20)18-9-5-16(6-10-18,15(21)22)19-8-2-7-17-19/h2-4,7-8H,5-6,9-11H2,1H3,(H,21,22). The Bertz CT molecular complexity index is 714. The number of rotatable bonds is 5. The van der Waals surface area contributed by atoms with Gasteiger partial charge in [0.05, 0.1) is 0 Å². The van der Waals surface area contributed by atoms with Crippen molar-refractivity contribution in [2.45, 2.75) is 25.0 Å². The smallest absolute Gasteiger partial charge is 0.331 e. The molecular weight excluding hydrogens is 314 g/mol. The largest absolute Gasteiger partial charge is 0.479 e. The van der Waals surface area contributed by atoms with E-state index in [2.05, 4.69) is 5.10 Å². The number of methoxy groups -OCH3 is 1. The second-order valence-electron chi connectivity index (χ2n) is 5.78. The molecule has 0 atom stereocenters. The summed E-state index contributed by atoms with van der Waals surface area (Å²) in [5.41, 5.74) is -1.11. The minimum Gasteiger partial charge on any atom is -0.479 e. The first-order valence-corrected chi connectivity index (χ1v) is 7.67. The van der Waals surface area contributed by atoms with Gasteiger partial charge in [-0.2, -0.15) is 5.10 Å². The Labute approximate surface area is 138 Å². The first kappa shape index (κ1) is 16.3. The molecular formula is C16H19N3O5. The Balaban J connectivity index is 1.71. The van der Waals surface area contributed by atoms with Crippen LogP contribution in [0.3, 0.4) is 0 Å². The number of hydrogen-bond donors (Lipinski definition) is 1. The minimum atomic E-state index is -1.11.